The van der Waals surface area contributed by atoms with E-state index in [0.29, 0.717) is 25.7 Å². The number of aliphatic hydroxyl groups excluding tert-OH is 1. The van der Waals surface area contributed by atoms with Crippen LogP contribution in [0.1, 0.15) is 407 Å². The molecule has 19 heteroatoms. The van der Waals surface area contributed by atoms with Crippen molar-refractivity contribution in [1.29, 1.82) is 0 Å². The smallest absolute Gasteiger partial charge is 0.462 e. The Labute approximate surface area is 588 Å². The van der Waals surface area contributed by atoms with Crippen LogP contribution in [0.15, 0.2) is 0 Å². The molecule has 0 aromatic carbocycles. The van der Waals surface area contributed by atoms with Crippen LogP contribution in [0.5, 0.6) is 0 Å². The Morgan fingerprint density at radius 3 is 0.740 bits per heavy atom. The van der Waals surface area contributed by atoms with E-state index in [2.05, 4.69) is 34.6 Å². The van der Waals surface area contributed by atoms with Crippen LogP contribution in [-0.2, 0) is 65.4 Å². The Kier molecular flexibility index (Phi) is 68.7. The fraction of sp³-hybridized carbons (Fsp3) is 0.948. The number of carbonyl (C=O) groups excluding carboxylic acids is 4. The van der Waals surface area contributed by atoms with Gasteiger partial charge in [0.2, 0.25) is 0 Å². The minimum atomic E-state index is -4.96. The van der Waals surface area contributed by atoms with Gasteiger partial charge in [-0.05, 0) is 31.6 Å². The molecule has 0 amide bonds. The van der Waals surface area contributed by atoms with Crippen molar-refractivity contribution in [2.24, 2.45) is 5.92 Å². The summed E-state index contributed by atoms with van der Waals surface area (Å²) >= 11 is 0. The fourth-order valence-electron chi connectivity index (χ4n) is 11.8. The molecule has 0 saturated carbocycles. The van der Waals surface area contributed by atoms with Gasteiger partial charge in [0.25, 0.3) is 0 Å². The largest absolute Gasteiger partial charge is 0.472 e. The van der Waals surface area contributed by atoms with Gasteiger partial charge in [-0.3, -0.25) is 37.3 Å². The lowest BCUT2D eigenvalue weighted by Crippen LogP contribution is -2.30. The fourth-order valence-corrected chi connectivity index (χ4v) is 13.4. The number of hydrogen-bond acceptors (Lipinski definition) is 15. The average Bonchev–Trinajstić information content (AvgIpc) is 1.33. The van der Waals surface area contributed by atoms with Crippen molar-refractivity contribution in [1.82, 2.24) is 0 Å². The maximum Gasteiger partial charge on any atom is 0.472 e. The van der Waals surface area contributed by atoms with Crippen LogP contribution in [0.25, 0.3) is 0 Å². The van der Waals surface area contributed by atoms with Crippen LogP contribution in [0.3, 0.4) is 0 Å². The monoisotopic (exact) mass is 1410 g/mol. The van der Waals surface area contributed by atoms with Crippen molar-refractivity contribution in [2.75, 3.05) is 39.6 Å². The molecule has 0 bridgehead atoms. The SMILES string of the molecule is CCCCCCCCCCCCCCCCCCCCCCCC(=O)O[C@H](COC(=O)CCCCCCCCCCCCCCCCC(C)CC)COP(=O)(O)OC[C@@H](O)COP(=O)(O)OC[C@@H](COC(=O)CCCCCCCCCC)OC(=O)CCCCCCCCCCC. The zero-order chi connectivity index (χ0) is 70.5. The van der Waals surface area contributed by atoms with E-state index >= 15 is 0 Å². The summed E-state index contributed by atoms with van der Waals surface area (Å²) in [4.78, 5) is 72.6. The number of unbranched alkanes of at least 4 members (excludes halogenated alkanes) is 48. The van der Waals surface area contributed by atoms with Gasteiger partial charge < -0.3 is 33.8 Å². The Hall–Kier alpha value is -1.94. The normalized spacial score (nSPS) is 14.2. The van der Waals surface area contributed by atoms with Crippen molar-refractivity contribution < 1.29 is 80.2 Å². The molecule has 6 atom stereocenters. The van der Waals surface area contributed by atoms with Gasteiger partial charge in [0.15, 0.2) is 12.2 Å². The molecule has 0 radical (unpaired) electrons. The second kappa shape index (κ2) is 70.1. The van der Waals surface area contributed by atoms with Crippen molar-refractivity contribution in [3.8, 4) is 0 Å². The van der Waals surface area contributed by atoms with Gasteiger partial charge >= 0.3 is 39.5 Å². The third-order valence-corrected chi connectivity index (χ3v) is 20.3. The summed E-state index contributed by atoms with van der Waals surface area (Å²) in [7, 11) is -9.90. The summed E-state index contributed by atoms with van der Waals surface area (Å²) < 4.78 is 68.4. The first-order valence-electron chi connectivity index (χ1n) is 40.2. The van der Waals surface area contributed by atoms with E-state index in [4.69, 9.17) is 37.0 Å². The molecule has 0 spiro atoms. The van der Waals surface area contributed by atoms with Gasteiger partial charge in [-0.25, -0.2) is 9.13 Å². The second-order valence-electron chi connectivity index (χ2n) is 28.0. The van der Waals surface area contributed by atoms with Crippen molar-refractivity contribution in [2.45, 2.75) is 425 Å². The summed E-state index contributed by atoms with van der Waals surface area (Å²) in [6.07, 6.45) is 59.8. The molecule has 0 aliphatic carbocycles. The van der Waals surface area contributed by atoms with E-state index in [1.54, 1.807) is 0 Å². The van der Waals surface area contributed by atoms with E-state index < -0.39 is 97.5 Å². The molecule has 0 aliphatic rings. The molecular formula is C77H150O17P2. The van der Waals surface area contributed by atoms with Crippen molar-refractivity contribution in [3.05, 3.63) is 0 Å². The third kappa shape index (κ3) is 69.2. The van der Waals surface area contributed by atoms with Crippen LogP contribution >= 0.6 is 15.6 Å². The van der Waals surface area contributed by atoms with Crippen LogP contribution in [0.2, 0.25) is 0 Å². The zero-order valence-electron chi connectivity index (χ0n) is 62.5. The first-order valence-corrected chi connectivity index (χ1v) is 43.2. The van der Waals surface area contributed by atoms with Crippen LogP contribution in [0.4, 0.5) is 0 Å². The highest BCUT2D eigenvalue weighted by molar-refractivity contribution is 7.47. The summed E-state index contributed by atoms with van der Waals surface area (Å²) in [6, 6.07) is 0. The quantitative estimate of drug-likeness (QED) is 0.0222. The maximum absolute atomic E-state index is 13.1. The van der Waals surface area contributed by atoms with Gasteiger partial charge in [0.05, 0.1) is 26.4 Å². The van der Waals surface area contributed by atoms with E-state index in [1.165, 1.54) is 225 Å². The molecule has 0 fully saturated rings. The summed E-state index contributed by atoms with van der Waals surface area (Å²) in [5.41, 5.74) is 0. The molecule has 17 nitrogen and oxygen atoms in total. The van der Waals surface area contributed by atoms with E-state index in [1.807, 2.05) is 0 Å². The molecule has 570 valence electrons. The summed E-state index contributed by atoms with van der Waals surface area (Å²) in [5, 5.41) is 10.6. The number of rotatable bonds is 77. The van der Waals surface area contributed by atoms with Crippen LogP contribution in [0, 0.1) is 5.92 Å². The highest BCUT2D eigenvalue weighted by atomic mass is 31.2. The molecular weight excluding hydrogens is 1260 g/mol. The van der Waals surface area contributed by atoms with Gasteiger partial charge in [0.1, 0.15) is 19.3 Å². The number of carbonyl (C=O) groups is 4. The Bertz CT molecular complexity index is 1840. The zero-order valence-corrected chi connectivity index (χ0v) is 64.3. The second-order valence-corrected chi connectivity index (χ2v) is 30.9. The van der Waals surface area contributed by atoms with E-state index in [9.17, 15) is 43.2 Å². The highest BCUT2D eigenvalue weighted by Gasteiger charge is 2.30. The van der Waals surface area contributed by atoms with Gasteiger partial charge in [0, 0.05) is 25.7 Å². The lowest BCUT2D eigenvalue weighted by molar-refractivity contribution is -0.161. The molecule has 0 heterocycles. The molecule has 96 heavy (non-hydrogen) atoms. The van der Waals surface area contributed by atoms with E-state index in [-0.39, 0.29) is 25.7 Å². The third-order valence-electron chi connectivity index (χ3n) is 18.4. The number of phosphoric ester groups is 2. The molecule has 0 aromatic heterocycles. The van der Waals surface area contributed by atoms with E-state index in [0.717, 1.165) is 102 Å². The topological polar surface area (TPSA) is 237 Å². The number of ether oxygens (including phenoxy) is 4. The number of phosphoric acid groups is 2. The van der Waals surface area contributed by atoms with Crippen molar-refractivity contribution in [3.63, 3.8) is 0 Å². The lowest BCUT2D eigenvalue weighted by atomic mass is 9.99. The first kappa shape index (κ1) is 94.1. The minimum Gasteiger partial charge on any atom is -0.462 e. The first-order chi connectivity index (χ1) is 46.6. The molecule has 3 unspecified atom stereocenters. The minimum absolute atomic E-state index is 0.106. The maximum atomic E-state index is 13.1. The van der Waals surface area contributed by atoms with Gasteiger partial charge in [-0.2, -0.15) is 0 Å². The molecule has 0 saturated heterocycles. The predicted octanol–water partition coefficient (Wildman–Crippen LogP) is 22.9. The lowest BCUT2D eigenvalue weighted by Gasteiger charge is -2.21. The molecule has 0 rings (SSSR count). The summed E-state index contributed by atoms with van der Waals surface area (Å²) in [6.45, 7) is 7.30. The molecule has 0 aliphatic heterocycles. The molecule has 3 N–H and O–H groups in total. The number of esters is 4. The Morgan fingerprint density at radius 1 is 0.292 bits per heavy atom. The number of aliphatic hydroxyl groups is 1. The highest BCUT2D eigenvalue weighted by Crippen LogP contribution is 2.45. The van der Waals surface area contributed by atoms with Crippen molar-refractivity contribution >= 4 is 39.5 Å². The predicted molar refractivity (Wildman–Crippen MR) is 391 cm³/mol. The van der Waals surface area contributed by atoms with Gasteiger partial charge in [-0.1, -0.05) is 356 Å². The summed E-state index contributed by atoms with van der Waals surface area (Å²) in [5.74, 6) is -1.27. The standard InChI is InChI=1S/C77H150O17P2/c1-6-10-13-16-19-22-23-24-25-26-27-28-29-30-31-36-39-43-48-53-58-63-77(82)94-73(67-88-75(80)61-56-51-46-42-38-35-33-32-34-37-41-44-49-54-59-70(5)9-4)69-92-96(85,86)90-65-71(78)64-89-95(83,84)91-68-72(66-87-74(79)60-55-50-45-21-18-15-12-8-3)93-76(81)62-57-52-47-40-20-17-14-11-7-2/h70-73,78H,6-69H2,1-5H3,(H,83,84)(H,85,86)/t70?,71-,72+,73+/m0/s1. The van der Waals surface area contributed by atoms with Crippen LogP contribution < -0.4 is 0 Å². The van der Waals surface area contributed by atoms with Gasteiger partial charge in [-0.15, -0.1) is 0 Å². The Balaban J connectivity index is 5.15. The Morgan fingerprint density at radius 2 is 0.500 bits per heavy atom. The number of hydrogen-bond donors (Lipinski definition) is 3. The van der Waals surface area contributed by atoms with Crippen LogP contribution in [-0.4, -0.2) is 96.7 Å². The molecule has 0 aromatic rings. The average molecular weight is 1410 g/mol.